The quantitative estimate of drug-likeness (QED) is 0.521. The first-order valence-electron chi connectivity index (χ1n) is 9.98. The van der Waals surface area contributed by atoms with Gasteiger partial charge < -0.3 is 4.90 Å². The molecule has 0 N–H and O–H groups in total. The van der Waals surface area contributed by atoms with Crippen LogP contribution in [0, 0.1) is 12.7 Å². The number of halogens is 1. The van der Waals surface area contributed by atoms with Gasteiger partial charge in [0.2, 0.25) is 5.91 Å². The van der Waals surface area contributed by atoms with Gasteiger partial charge in [-0.05, 0) is 69.9 Å². The highest BCUT2D eigenvalue weighted by Crippen LogP contribution is 2.36. The minimum atomic E-state index is -1.20. The van der Waals surface area contributed by atoms with E-state index in [1.165, 1.54) is 16.5 Å². The Hall–Kier alpha value is -2.41. The predicted octanol–water partition coefficient (Wildman–Crippen LogP) is 4.74. The standard InChI is InChI=1S/C23H28FN3O2S/c1-14-18(15(2)26-13-30(29)23(3,4)5)11-25-12-19(14)17-9-16-7-8-22(28)27(6)21(16)10-20(17)24/h9-13,15H,7-8H2,1-6H3. The summed E-state index contributed by atoms with van der Waals surface area (Å²) in [5.41, 5.74) is 5.98. The van der Waals surface area contributed by atoms with Crippen molar-refractivity contribution in [3.05, 3.63) is 47.0 Å². The number of aryl methyl sites for hydroxylation is 1. The maximum absolute atomic E-state index is 15.0. The number of nitrogens with zero attached hydrogens (tertiary/aromatic N) is 3. The van der Waals surface area contributed by atoms with Gasteiger partial charge in [0.25, 0.3) is 0 Å². The van der Waals surface area contributed by atoms with E-state index in [0.717, 1.165) is 16.7 Å². The lowest BCUT2D eigenvalue weighted by Gasteiger charge is -2.26. The highest BCUT2D eigenvalue weighted by Gasteiger charge is 2.24. The molecular weight excluding hydrogens is 401 g/mol. The Morgan fingerprint density at radius 3 is 2.60 bits per heavy atom. The first-order chi connectivity index (χ1) is 14.0. The number of hydrogen-bond acceptors (Lipinski definition) is 4. The molecule has 30 heavy (non-hydrogen) atoms. The zero-order valence-corrected chi connectivity index (χ0v) is 19.1. The fourth-order valence-corrected chi connectivity index (χ4v) is 4.10. The molecule has 2 atom stereocenters. The van der Waals surface area contributed by atoms with Crippen molar-refractivity contribution in [3.8, 4) is 11.1 Å². The number of aliphatic imine (C=N–C) groups is 1. The molecular formula is C23H28FN3O2S. The SMILES string of the molecule is Cc1c(-c2cc3c(cc2F)N(C)C(=O)CC3)cncc1C(C)N=CS(=O)C(C)(C)C. The molecule has 2 heterocycles. The molecule has 0 bridgehead atoms. The number of hydrogen-bond donors (Lipinski definition) is 0. The summed E-state index contributed by atoms with van der Waals surface area (Å²) in [5, 5.41) is 0. The molecule has 0 fully saturated rings. The van der Waals surface area contributed by atoms with Crippen LogP contribution in [0.2, 0.25) is 0 Å². The number of carbonyl (C=O) groups excluding carboxylic acids is 1. The smallest absolute Gasteiger partial charge is 0.227 e. The van der Waals surface area contributed by atoms with E-state index in [1.54, 1.807) is 19.4 Å². The van der Waals surface area contributed by atoms with Crippen LogP contribution in [-0.4, -0.2) is 32.4 Å². The largest absolute Gasteiger partial charge is 0.315 e. The van der Waals surface area contributed by atoms with Crippen LogP contribution in [0.25, 0.3) is 11.1 Å². The lowest BCUT2D eigenvalue weighted by molar-refractivity contribution is -0.118. The van der Waals surface area contributed by atoms with Crippen LogP contribution >= 0.6 is 0 Å². The Balaban J connectivity index is 1.99. The third kappa shape index (κ3) is 4.36. The molecule has 0 aliphatic carbocycles. The predicted molar refractivity (Wildman–Crippen MR) is 121 cm³/mol. The van der Waals surface area contributed by atoms with E-state index >= 15 is 4.39 Å². The maximum Gasteiger partial charge on any atom is 0.227 e. The molecule has 160 valence electrons. The number of anilines is 1. The molecule has 2 unspecified atom stereocenters. The van der Waals surface area contributed by atoms with Crippen LogP contribution in [0.15, 0.2) is 29.5 Å². The lowest BCUT2D eigenvalue weighted by atomic mass is 9.92. The summed E-state index contributed by atoms with van der Waals surface area (Å²) in [6.07, 6.45) is 4.40. The average Bonchev–Trinajstić information content (AvgIpc) is 2.68. The Kier molecular flexibility index (Phi) is 6.22. The molecule has 1 aromatic carbocycles. The summed E-state index contributed by atoms with van der Waals surface area (Å²) in [6.45, 7) is 9.53. The third-order valence-electron chi connectivity index (χ3n) is 5.49. The topological polar surface area (TPSA) is 62.6 Å². The molecule has 0 saturated heterocycles. The summed E-state index contributed by atoms with van der Waals surface area (Å²) in [4.78, 5) is 22.2. The molecule has 1 aromatic heterocycles. The number of amides is 1. The van der Waals surface area contributed by atoms with Crippen LogP contribution in [0.3, 0.4) is 0 Å². The second-order valence-electron chi connectivity index (χ2n) is 8.66. The van der Waals surface area contributed by atoms with E-state index in [-0.39, 0.29) is 22.5 Å². The number of aromatic nitrogens is 1. The number of rotatable bonds is 4. The van der Waals surface area contributed by atoms with E-state index in [9.17, 15) is 9.00 Å². The van der Waals surface area contributed by atoms with Crippen molar-refractivity contribution >= 4 is 27.9 Å². The first kappa shape index (κ1) is 22.3. The molecule has 1 aliphatic rings. The summed E-state index contributed by atoms with van der Waals surface area (Å²) >= 11 is 0. The van der Waals surface area contributed by atoms with Crippen LogP contribution in [-0.2, 0) is 22.0 Å². The minimum Gasteiger partial charge on any atom is -0.315 e. The van der Waals surface area contributed by atoms with Gasteiger partial charge in [-0.3, -0.25) is 19.0 Å². The van der Waals surface area contributed by atoms with E-state index < -0.39 is 10.8 Å². The van der Waals surface area contributed by atoms with E-state index in [4.69, 9.17) is 0 Å². The number of fused-ring (bicyclic) bond motifs is 1. The molecule has 0 radical (unpaired) electrons. The van der Waals surface area contributed by atoms with Crippen molar-refractivity contribution in [2.45, 2.75) is 58.2 Å². The van der Waals surface area contributed by atoms with Crippen LogP contribution in [0.5, 0.6) is 0 Å². The van der Waals surface area contributed by atoms with Crippen molar-refractivity contribution in [3.63, 3.8) is 0 Å². The highest BCUT2D eigenvalue weighted by atomic mass is 32.2. The summed E-state index contributed by atoms with van der Waals surface area (Å²) in [5.74, 6) is -0.392. The monoisotopic (exact) mass is 429 g/mol. The van der Waals surface area contributed by atoms with Gasteiger partial charge in [0.05, 0.1) is 22.4 Å². The second-order valence-corrected chi connectivity index (χ2v) is 10.7. The van der Waals surface area contributed by atoms with Crippen molar-refractivity contribution in [1.82, 2.24) is 4.98 Å². The fourth-order valence-electron chi connectivity index (χ4n) is 3.49. The van der Waals surface area contributed by atoms with Gasteiger partial charge in [0.15, 0.2) is 0 Å². The van der Waals surface area contributed by atoms with Gasteiger partial charge in [-0.2, -0.15) is 0 Å². The number of pyridine rings is 1. The molecule has 3 rings (SSSR count). The molecule has 0 spiro atoms. The minimum absolute atomic E-state index is 0.00572. The van der Waals surface area contributed by atoms with Crippen molar-refractivity contribution < 1.29 is 13.4 Å². The van der Waals surface area contributed by atoms with Crippen molar-refractivity contribution in [1.29, 1.82) is 0 Å². The van der Waals surface area contributed by atoms with Crippen LogP contribution in [0.1, 0.15) is 56.8 Å². The van der Waals surface area contributed by atoms with Gasteiger partial charge in [0.1, 0.15) is 5.82 Å². The molecule has 2 aromatic rings. The summed E-state index contributed by atoms with van der Waals surface area (Å²) < 4.78 is 26.9. The van der Waals surface area contributed by atoms with E-state index in [1.807, 2.05) is 40.7 Å². The van der Waals surface area contributed by atoms with Crippen molar-refractivity contribution in [2.75, 3.05) is 11.9 Å². The molecule has 0 saturated carbocycles. The van der Waals surface area contributed by atoms with E-state index in [2.05, 4.69) is 9.98 Å². The fraction of sp³-hybridized carbons (Fsp3) is 0.435. The summed E-state index contributed by atoms with van der Waals surface area (Å²) in [7, 11) is 0.479. The van der Waals surface area contributed by atoms with Gasteiger partial charge in [-0.25, -0.2) is 4.39 Å². The number of carbonyl (C=O) groups is 1. The van der Waals surface area contributed by atoms with E-state index in [0.29, 0.717) is 29.7 Å². The van der Waals surface area contributed by atoms with Gasteiger partial charge in [0, 0.05) is 47.4 Å². The first-order valence-corrected chi connectivity index (χ1v) is 11.2. The van der Waals surface area contributed by atoms with Gasteiger partial charge in [-0.15, -0.1) is 0 Å². The lowest BCUT2D eigenvalue weighted by Crippen LogP contribution is -2.31. The Morgan fingerprint density at radius 1 is 1.23 bits per heavy atom. The van der Waals surface area contributed by atoms with Crippen LogP contribution < -0.4 is 4.90 Å². The zero-order valence-electron chi connectivity index (χ0n) is 18.3. The third-order valence-corrected chi connectivity index (χ3v) is 7.01. The Bertz CT molecular complexity index is 1040. The Labute approximate surface area is 179 Å². The van der Waals surface area contributed by atoms with Gasteiger partial charge in [-0.1, -0.05) is 0 Å². The van der Waals surface area contributed by atoms with Gasteiger partial charge >= 0.3 is 0 Å². The second kappa shape index (κ2) is 8.38. The number of benzene rings is 1. The maximum atomic E-state index is 15.0. The van der Waals surface area contributed by atoms with Crippen molar-refractivity contribution in [2.24, 2.45) is 4.99 Å². The molecule has 7 heteroatoms. The average molecular weight is 430 g/mol. The van der Waals surface area contributed by atoms with Crippen LogP contribution in [0.4, 0.5) is 10.1 Å². The normalized spacial score (nSPS) is 16.6. The zero-order chi connectivity index (χ0) is 22.2. The molecule has 5 nitrogen and oxygen atoms in total. The molecule has 1 amide bonds. The molecule has 1 aliphatic heterocycles. The highest BCUT2D eigenvalue weighted by molar-refractivity contribution is 7.99. The Morgan fingerprint density at radius 2 is 1.93 bits per heavy atom. The summed E-state index contributed by atoms with van der Waals surface area (Å²) in [6, 6.07) is 3.00.